The van der Waals surface area contributed by atoms with Gasteiger partial charge in [-0.05, 0) is 56.7 Å². The highest BCUT2D eigenvalue weighted by molar-refractivity contribution is 14.1. The second-order valence-corrected chi connectivity index (χ2v) is 4.39. The van der Waals surface area contributed by atoms with E-state index in [2.05, 4.69) is 68.6 Å². The normalized spacial score (nSPS) is 9.50. The third-order valence-electron chi connectivity index (χ3n) is 1.37. The summed E-state index contributed by atoms with van der Waals surface area (Å²) >= 11 is 5.76. The monoisotopic (exact) mass is 337 g/mol. The molecule has 1 rings (SSSR count). The summed E-state index contributed by atoms with van der Waals surface area (Å²) in [5, 5.41) is 3.22. The second kappa shape index (κ2) is 4.87. The summed E-state index contributed by atoms with van der Waals surface area (Å²) < 4.78 is 2.32. The molecule has 0 spiro atoms. The van der Waals surface area contributed by atoms with Crippen LogP contribution in [0.15, 0.2) is 35.3 Å². The highest BCUT2D eigenvalue weighted by atomic mass is 127. The predicted octanol–water partition coefficient (Wildman–Crippen LogP) is 3.65. The molecule has 0 saturated carbocycles. The van der Waals surface area contributed by atoms with E-state index in [9.17, 15) is 0 Å². The van der Waals surface area contributed by atoms with E-state index in [-0.39, 0.29) is 0 Å². The Morgan fingerprint density at radius 1 is 1.58 bits per heavy atom. The van der Waals surface area contributed by atoms with Crippen LogP contribution in [-0.4, -0.2) is 6.54 Å². The molecule has 3 heteroatoms. The highest BCUT2D eigenvalue weighted by Gasteiger charge is 1.97. The molecule has 1 nitrogen and oxygen atoms in total. The Morgan fingerprint density at radius 3 is 2.92 bits per heavy atom. The van der Waals surface area contributed by atoms with Crippen molar-refractivity contribution in [3.05, 3.63) is 38.9 Å². The standard InChI is InChI=1S/C9H9BrIN/c1-2-5-12-9-4-3-7(11)6-8(9)10/h2-4,6,12H,1,5H2. The maximum absolute atomic E-state index is 3.64. The van der Waals surface area contributed by atoms with E-state index in [1.54, 1.807) is 0 Å². The zero-order valence-electron chi connectivity index (χ0n) is 6.48. The summed E-state index contributed by atoms with van der Waals surface area (Å²) in [7, 11) is 0. The first-order valence-electron chi connectivity index (χ1n) is 3.54. The van der Waals surface area contributed by atoms with E-state index in [4.69, 9.17) is 0 Å². The number of rotatable bonds is 3. The molecule has 0 amide bonds. The van der Waals surface area contributed by atoms with E-state index < -0.39 is 0 Å². The van der Waals surface area contributed by atoms with Crippen molar-refractivity contribution < 1.29 is 0 Å². The van der Waals surface area contributed by atoms with Crippen molar-refractivity contribution in [2.45, 2.75) is 0 Å². The van der Waals surface area contributed by atoms with Crippen LogP contribution in [0.3, 0.4) is 0 Å². The van der Waals surface area contributed by atoms with Crippen molar-refractivity contribution in [3.8, 4) is 0 Å². The Hall–Kier alpha value is -0.0300. The first-order valence-corrected chi connectivity index (χ1v) is 5.41. The van der Waals surface area contributed by atoms with Crippen molar-refractivity contribution in [2.24, 2.45) is 0 Å². The first-order chi connectivity index (χ1) is 5.74. The molecule has 0 unspecified atom stereocenters. The summed E-state index contributed by atoms with van der Waals surface area (Å²) in [5.74, 6) is 0. The molecular weight excluding hydrogens is 329 g/mol. The van der Waals surface area contributed by atoms with Gasteiger partial charge < -0.3 is 5.32 Å². The van der Waals surface area contributed by atoms with Crippen molar-refractivity contribution in [1.82, 2.24) is 0 Å². The number of anilines is 1. The Balaban J connectivity index is 2.78. The van der Waals surface area contributed by atoms with Gasteiger partial charge in [-0.25, -0.2) is 0 Å². The molecule has 0 fully saturated rings. The third-order valence-corrected chi connectivity index (χ3v) is 2.70. The van der Waals surface area contributed by atoms with Crippen molar-refractivity contribution >= 4 is 44.2 Å². The number of halogens is 2. The molecule has 0 atom stereocenters. The Bertz CT molecular complexity index is 286. The number of hydrogen-bond donors (Lipinski definition) is 1. The first kappa shape index (κ1) is 10.1. The summed E-state index contributed by atoms with van der Waals surface area (Å²) in [6, 6.07) is 6.19. The lowest BCUT2D eigenvalue weighted by Crippen LogP contribution is -1.98. The molecule has 0 saturated heterocycles. The van der Waals surface area contributed by atoms with Gasteiger partial charge in [0.1, 0.15) is 0 Å². The van der Waals surface area contributed by atoms with Crippen molar-refractivity contribution in [2.75, 3.05) is 11.9 Å². The molecule has 0 aliphatic carbocycles. The largest absolute Gasteiger partial charge is 0.381 e. The van der Waals surface area contributed by atoms with Crippen LogP contribution in [0.25, 0.3) is 0 Å². The van der Waals surface area contributed by atoms with Gasteiger partial charge in [0.15, 0.2) is 0 Å². The minimum absolute atomic E-state index is 0.791. The average Bonchev–Trinajstić information content (AvgIpc) is 2.03. The Morgan fingerprint density at radius 2 is 2.33 bits per heavy atom. The minimum atomic E-state index is 0.791. The van der Waals surface area contributed by atoms with Gasteiger partial charge >= 0.3 is 0 Å². The quantitative estimate of drug-likeness (QED) is 0.655. The molecule has 0 aliphatic heterocycles. The smallest absolute Gasteiger partial charge is 0.0487 e. The van der Waals surface area contributed by atoms with Gasteiger partial charge in [0.2, 0.25) is 0 Å². The van der Waals surface area contributed by atoms with Gasteiger partial charge in [-0.2, -0.15) is 0 Å². The van der Waals surface area contributed by atoms with Crippen LogP contribution in [0.5, 0.6) is 0 Å². The molecule has 0 heterocycles. The minimum Gasteiger partial charge on any atom is -0.381 e. The summed E-state index contributed by atoms with van der Waals surface area (Å²) in [5.41, 5.74) is 1.11. The average molecular weight is 338 g/mol. The molecule has 0 aromatic heterocycles. The van der Waals surface area contributed by atoms with Crippen LogP contribution in [0.4, 0.5) is 5.69 Å². The zero-order valence-corrected chi connectivity index (χ0v) is 10.2. The lowest BCUT2D eigenvalue weighted by molar-refractivity contribution is 1.33. The third kappa shape index (κ3) is 2.79. The summed E-state index contributed by atoms with van der Waals surface area (Å²) in [6.45, 7) is 4.43. The molecule has 12 heavy (non-hydrogen) atoms. The van der Waals surface area contributed by atoms with Crippen LogP contribution < -0.4 is 5.32 Å². The molecule has 0 radical (unpaired) electrons. The Labute approximate surface area is 94.5 Å². The van der Waals surface area contributed by atoms with Crippen LogP contribution in [0.2, 0.25) is 0 Å². The van der Waals surface area contributed by atoms with Gasteiger partial charge in [0, 0.05) is 20.3 Å². The van der Waals surface area contributed by atoms with Crippen LogP contribution in [0.1, 0.15) is 0 Å². The summed E-state index contributed by atoms with van der Waals surface area (Å²) in [4.78, 5) is 0. The zero-order chi connectivity index (χ0) is 8.97. The fourth-order valence-corrected chi connectivity index (χ4v) is 2.25. The van der Waals surface area contributed by atoms with Gasteiger partial charge in [0.05, 0.1) is 0 Å². The van der Waals surface area contributed by atoms with Gasteiger partial charge in [-0.15, -0.1) is 6.58 Å². The Kier molecular flexibility index (Phi) is 4.08. The summed E-state index contributed by atoms with van der Waals surface area (Å²) in [6.07, 6.45) is 1.84. The fourth-order valence-electron chi connectivity index (χ4n) is 0.815. The van der Waals surface area contributed by atoms with Gasteiger partial charge in [0.25, 0.3) is 0 Å². The molecule has 0 bridgehead atoms. The van der Waals surface area contributed by atoms with Crippen LogP contribution >= 0.6 is 38.5 Å². The van der Waals surface area contributed by atoms with Crippen LogP contribution in [-0.2, 0) is 0 Å². The molecule has 1 aromatic carbocycles. The van der Waals surface area contributed by atoms with Gasteiger partial charge in [-0.1, -0.05) is 6.08 Å². The number of benzene rings is 1. The second-order valence-electron chi connectivity index (χ2n) is 2.29. The lowest BCUT2D eigenvalue weighted by Gasteiger charge is -2.05. The number of nitrogens with one attached hydrogen (secondary N) is 1. The molecular formula is C9H9BrIN. The van der Waals surface area contributed by atoms with E-state index in [1.807, 2.05) is 6.08 Å². The highest BCUT2D eigenvalue weighted by Crippen LogP contribution is 2.23. The van der Waals surface area contributed by atoms with Crippen molar-refractivity contribution in [3.63, 3.8) is 0 Å². The SMILES string of the molecule is C=CCNc1ccc(I)cc1Br. The molecule has 1 N–H and O–H groups in total. The van der Waals surface area contributed by atoms with E-state index in [0.29, 0.717) is 0 Å². The maximum atomic E-state index is 3.64. The topological polar surface area (TPSA) is 12.0 Å². The fraction of sp³-hybridized carbons (Fsp3) is 0.111. The van der Waals surface area contributed by atoms with Gasteiger partial charge in [-0.3, -0.25) is 0 Å². The molecule has 1 aromatic rings. The maximum Gasteiger partial charge on any atom is 0.0487 e. The van der Waals surface area contributed by atoms with Crippen LogP contribution in [0, 0.1) is 3.57 Å². The van der Waals surface area contributed by atoms with E-state index >= 15 is 0 Å². The van der Waals surface area contributed by atoms with E-state index in [1.165, 1.54) is 3.57 Å². The molecule has 0 aliphatic rings. The van der Waals surface area contributed by atoms with E-state index in [0.717, 1.165) is 16.7 Å². The predicted molar refractivity (Wildman–Crippen MR) is 65.5 cm³/mol. The number of hydrogen-bond acceptors (Lipinski definition) is 1. The van der Waals surface area contributed by atoms with Crippen molar-refractivity contribution in [1.29, 1.82) is 0 Å². The molecule has 64 valence electrons. The lowest BCUT2D eigenvalue weighted by atomic mass is 10.3.